The largest absolute Gasteiger partial charge is 0.309 e. The zero-order chi connectivity index (χ0) is 26.5. The molecule has 2 heterocycles. The summed E-state index contributed by atoms with van der Waals surface area (Å²) in [6.45, 7) is 6.44. The van der Waals surface area contributed by atoms with Crippen LogP contribution in [0.1, 0.15) is 16.7 Å². The minimum absolute atomic E-state index is 0.823. The third-order valence-corrected chi connectivity index (χ3v) is 7.54. The van der Waals surface area contributed by atoms with E-state index in [0.29, 0.717) is 0 Å². The summed E-state index contributed by atoms with van der Waals surface area (Å²) in [5.74, 6) is 1.68. The Morgan fingerprint density at radius 1 is 0.487 bits per heavy atom. The van der Waals surface area contributed by atoms with E-state index in [1.807, 2.05) is 6.07 Å². The van der Waals surface area contributed by atoms with Crippen LogP contribution in [0.15, 0.2) is 115 Å². The van der Waals surface area contributed by atoms with E-state index in [9.17, 15) is 0 Å². The van der Waals surface area contributed by atoms with E-state index in [0.717, 1.165) is 34.2 Å². The molecule has 5 aromatic carbocycles. The first-order valence-corrected chi connectivity index (χ1v) is 13.3. The summed E-state index contributed by atoms with van der Waals surface area (Å²) in [4.78, 5) is 0. The molecule has 7 aromatic rings. The van der Waals surface area contributed by atoms with Crippen molar-refractivity contribution in [3.05, 3.63) is 132 Å². The smallest absolute Gasteiger partial charge is 0.169 e. The highest BCUT2D eigenvalue weighted by Crippen LogP contribution is 2.35. The normalized spacial score (nSPS) is 11.5. The Hall–Kier alpha value is -4.96. The molecule has 0 saturated carbocycles. The summed E-state index contributed by atoms with van der Waals surface area (Å²) in [6.07, 6.45) is 0. The molecule has 0 atom stereocenters. The molecule has 7 rings (SSSR count). The fraction of sp³-hybridized carbons (Fsp3) is 0.0857. The highest BCUT2D eigenvalue weighted by Gasteiger charge is 2.20. The Morgan fingerprint density at radius 2 is 1.00 bits per heavy atom. The lowest BCUT2D eigenvalue weighted by Gasteiger charge is -2.15. The fourth-order valence-corrected chi connectivity index (χ4v) is 5.95. The van der Waals surface area contributed by atoms with Crippen LogP contribution in [-0.2, 0) is 0 Å². The molecule has 0 bridgehead atoms. The van der Waals surface area contributed by atoms with Crippen molar-refractivity contribution in [3.8, 4) is 34.2 Å². The highest BCUT2D eigenvalue weighted by molar-refractivity contribution is 6.09. The summed E-state index contributed by atoms with van der Waals surface area (Å²) in [7, 11) is 0. The van der Waals surface area contributed by atoms with Gasteiger partial charge in [0.1, 0.15) is 0 Å². The number of aromatic nitrogens is 4. The highest BCUT2D eigenvalue weighted by atomic mass is 15.3. The number of nitrogens with zero attached hydrogens (tertiary/aromatic N) is 4. The van der Waals surface area contributed by atoms with E-state index in [2.05, 4.69) is 139 Å². The van der Waals surface area contributed by atoms with Crippen LogP contribution < -0.4 is 0 Å². The van der Waals surface area contributed by atoms with E-state index in [1.54, 1.807) is 0 Å². The Kier molecular flexibility index (Phi) is 5.41. The molecule has 0 fully saturated rings. The molecule has 4 heteroatoms. The van der Waals surface area contributed by atoms with Crippen molar-refractivity contribution in [2.75, 3.05) is 0 Å². The maximum Gasteiger partial charge on any atom is 0.169 e. The molecule has 0 amide bonds. The van der Waals surface area contributed by atoms with Gasteiger partial charge in [-0.1, -0.05) is 72.3 Å². The van der Waals surface area contributed by atoms with Crippen molar-refractivity contribution in [2.24, 2.45) is 0 Å². The van der Waals surface area contributed by atoms with Gasteiger partial charge in [0.15, 0.2) is 11.6 Å². The summed E-state index contributed by atoms with van der Waals surface area (Å²) in [6, 6.07) is 40.7. The number of benzene rings is 5. The third kappa shape index (κ3) is 3.76. The minimum Gasteiger partial charge on any atom is -0.309 e. The first-order valence-electron chi connectivity index (χ1n) is 13.3. The van der Waals surface area contributed by atoms with Gasteiger partial charge in [-0.15, -0.1) is 10.2 Å². The van der Waals surface area contributed by atoms with Gasteiger partial charge in [-0.05, 0) is 80.4 Å². The fourth-order valence-electron chi connectivity index (χ4n) is 5.95. The summed E-state index contributed by atoms with van der Waals surface area (Å²) < 4.78 is 4.51. The number of fused-ring (bicyclic) bond motifs is 3. The zero-order valence-corrected chi connectivity index (χ0v) is 22.3. The maximum absolute atomic E-state index is 4.75. The van der Waals surface area contributed by atoms with Crippen LogP contribution in [-0.4, -0.2) is 19.3 Å². The van der Waals surface area contributed by atoms with Crippen molar-refractivity contribution < 1.29 is 0 Å². The molecule has 2 aromatic heterocycles. The van der Waals surface area contributed by atoms with Gasteiger partial charge in [0.25, 0.3) is 0 Å². The average Bonchev–Trinajstić information content (AvgIpc) is 3.53. The number of aryl methyl sites for hydroxylation is 3. The van der Waals surface area contributed by atoms with E-state index in [-0.39, 0.29) is 0 Å². The van der Waals surface area contributed by atoms with Gasteiger partial charge in [0.05, 0.1) is 11.0 Å². The lowest BCUT2D eigenvalue weighted by Crippen LogP contribution is -2.03. The van der Waals surface area contributed by atoms with Crippen molar-refractivity contribution >= 4 is 21.8 Å². The molecule has 0 aliphatic heterocycles. The molecule has 0 radical (unpaired) electrons. The molecule has 0 saturated heterocycles. The number of hydrogen-bond acceptors (Lipinski definition) is 2. The van der Waals surface area contributed by atoms with E-state index >= 15 is 0 Å². The topological polar surface area (TPSA) is 35.6 Å². The van der Waals surface area contributed by atoms with Gasteiger partial charge in [-0.3, -0.25) is 4.57 Å². The van der Waals surface area contributed by atoms with Crippen molar-refractivity contribution in [2.45, 2.75) is 20.8 Å². The molecule has 188 valence electrons. The Bertz CT molecular complexity index is 1900. The van der Waals surface area contributed by atoms with Gasteiger partial charge in [0.2, 0.25) is 0 Å². The summed E-state index contributed by atoms with van der Waals surface area (Å²) in [5.41, 5.74) is 10.4. The van der Waals surface area contributed by atoms with Crippen LogP contribution in [0, 0.1) is 20.8 Å². The van der Waals surface area contributed by atoms with Crippen molar-refractivity contribution in [1.29, 1.82) is 0 Å². The second-order valence-electron chi connectivity index (χ2n) is 10.2. The van der Waals surface area contributed by atoms with Gasteiger partial charge < -0.3 is 4.57 Å². The second kappa shape index (κ2) is 9.10. The standard InChI is InChI=1S/C35H28N4/c1-23-21-24(2)33(25(3)22-23)35-37-36-34(39(35)27-11-5-4-6-12-27)26-17-19-28(20-18-26)38-31-15-9-7-13-29(31)30-14-8-10-16-32(30)38/h4-22H,1-3H3. The van der Waals surface area contributed by atoms with E-state index in [4.69, 9.17) is 10.2 Å². The van der Waals surface area contributed by atoms with Crippen molar-refractivity contribution in [1.82, 2.24) is 19.3 Å². The van der Waals surface area contributed by atoms with Crippen LogP contribution in [0.25, 0.3) is 56.0 Å². The minimum atomic E-state index is 0.823. The molecule has 0 spiro atoms. The summed E-state index contributed by atoms with van der Waals surface area (Å²) >= 11 is 0. The van der Waals surface area contributed by atoms with Crippen LogP contribution >= 0.6 is 0 Å². The lowest BCUT2D eigenvalue weighted by atomic mass is 9.99. The summed E-state index contributed by atoms with van der Waals surface area (Å²) in [5, 5.41) is 12.0. The van der Waals surface area contributed by atoms with E-state index in [1.165, 1.54) is 38.5 Å². The molecule has 0 unspecified atom stereocenters. The maximum atomic E-state index is 4.75. The van der Waals surface area contributed by atoms with Gasteiger partial charge in [-0.2, -0.15) is 0 Å². The van der Waals surface area contributed by atoms with Crippen LogP contribution in [0.3, 0.4) is 0 Å². The van der Waals surface area contributed by atoms with Crippen LogP contribution in [0.5, 0.6) is 0 Å². The first kappa shape index (κ1) is 23.2. The van der Waals surface area contributed by atoms with Gasteiger partial charge in [0, 0.05) is 33.3 Å². The van der Waals surface area contributed by atoms with Crippen LogP contribution in [0.4, 0.5) is 0 Å². The van der Waals surface area contributed by atoms with E-state index < -0.39 is 0 Å². The number of rotatable bonds is 4. The molecule has 0 N–H and O–H groups in total. The molecule has 0 aliphatic carbocycles. The quantitative estimate of drug-likeness (QED) is 0.240. The Balaban J connectivity index is 1.40. The van der Waals surface area contributed by atoms with Gasteiger partial charge >= 0.3 is 0 Å². The first-order chi connectivity index (χ1) is 19.1. The third-order valence-electron chi connectivity index (χ3n) is 7.54. The monoisotopic (exact) mass is 504 g/mol. The Labute approximate surface area is 227 Å². The predicted molar refractivity (Wildman–Crippen MR) is 161 cm³/mol. The zero-order valence-electron chi connectivity index (χ0n) is 22.3. The molecule has 0 aliphatic rings. The second-order valence-corrected chi connectivity index (χ2v) is 10.2. The SMILES string of the molecule is Cc1cc(C)c(-c2nnc(-c3ccc(-n4c5ccccc5c5ccccc54)cc3)n2-c2ccccc2)c(C)c1. The average molecular weight is 505 g/mol. The van der Waals surface area contributed by atoms with Crippen LogP contribution in [0.2, 0.25) is 0 Å². The molecular formula is C35H28N4. The lowest BCUT2D eigenvalue weighted by molar-refractivity contribution is 1.06. The molecule has 4 nitrogen and oxygen atoms in total. The predicted octanol–water partition coefficient (Wildman–Crippen LogP) is 8.62. The number of hydrogen-bond donors (Lipinski definition) is 0. The van der Waals surface area contributed by atoms with Gasteiger partial charge in [-0.25, -0.2) is 0 Å². The van der Waals surface area contributed by atoms with Crippen molar-refractivity contribution in [3.63, 3.8) is 0 Å². The molecule has 39 heavy (non-hydrogen) atoms. The number of para-hydroxylation sites is 3. The Morgan fingerprint density at radius 3 is 1.62 bits per heavy atom. The molecular weight excluding hydrogens is 476 g/mol.